The van der Waals surface area contributed by atoms with Gasteiger partial charge in [0.1, 0.15) is 11.3 Å². The molecule has 0 aliphatic carbocycles. The van der Waals surface area contributed by atoms with E-state index >= 15 is 0 Å². The van der Waals surface area contributed by atoms with Gasteiger partial charge in [-0.25, -0.2) is 0 Å². The summed E-state index contributed by atoms with van der Waals surface area (Å²) in [5.74, 6) is 1.96. The van der Waals surface area contributed by atoms with Crippen molar-refractivity contribution in [2.45, 2.75) is 20.4 Å². The molecule has 3 heterocycles. The van der Waals surface area contributed by atoms with Gasteiger partial charge in [0, 0.05) is 43.2 Å². The Labute approximate surface area is 157 Å². The van der Waals surface area contributed by atoms with Crippen LogP contribution in [0, 0.1) is 13.8 Å². The highest BCUT2D eigenvalue weighted by Gasteiger charge is 2.27. The molecule has 27 heavy (non-hydrogen) atoms. The molecule has 7 heteroatoms. The van der Waals surface area contributed by atoms with Crippen molar-refractivity contribution >= 4 is 16.9 Å². The average molecular weight is 369 g/mol. The molecule has 4 rings (SSSR count). The molecule has 1 saturated heterocycles. The van der Waals surface area contributed by atoms with Gasteiger partial charge in [0.25, 0.3) is 5.91 Å². The van der Waals surface area contributed by atoms with Crippen LogP contribution in [0.5, 0.6) is 5.75 Å². The number of benzene rings is 1. The Balaban J connectivity index is 1.44. The van der Waals surface area contributed by atoms with Crippen molar-refractivity contribution in [2.75, 3.05) is 33.3 Å². The van der Waals surface area contributed by atoms with Crippen LogP contribution >= 0.6 is 0 Å². The fourth-order valence-corrected chi connectivity index (χ4v) is 3.49. The molecular formula is C20H23N3O4. The van der Waals surface area contributed by atoms with Gasteiger partial charge in [-0.2, -0.15) is 0 Å². The topological polar surface area (TPSA) is 72.0 Å². The molecule has 0 unspecified atom stereocenters. The van der Waals surface area contributed by atoms with Crippen LogP contribution < -0.4 is 4.74 Å². The van der Waals surface area contributed by atoms with E-state index in [4.69, 9.17) is 13.7 Å². The molecule has 0 saturated carbocycles. The van der Waals surface area contributed by atoms with Gasteiger partial charge >= 0.3 is 0 Å². The molecule has 1 aromatic carbocycles. The standard InChI is InChI=1S/C20H23N3O4/c1-13-10-16(27-21-13)12-22-6-8-23(9-7-22)20(24)19-14(2)17-11-15(25-3)4-5-18(17)26-19/h4-5,10-11H,6-9,12H2,1-3H3. The molecule has 7 nitrogen and oxygen atoms in total. The minimum absolute atomic E-state index is 0.0576. The van der Waals surface area contributed by atoms with E-state index in [0.29, 0.717) is 31.0 Å². The van der Waals surface area contributed by atoms with Crippen molar-refractivity contribution in [3.8, 4) is 5.75 Å². The van der Waals surface area contributed by atoms with Gasteiger partial charge < -0.3 is 18.6 Å². The summed E-state index contributed by atoms with van der Waals surface area (Å²) >= 11 is 0. The highest BCUT2D eigenvalue weighted by atomic mass is 16.5. The molecule has 1 fully saturated rings. The summed E-state index contributed by atoms with van der Waals surface area (Å²) in [6.45, 7) is 7.44. The summed E-state index contributed by atoms with van der Waals surface area (Å²) in [6.07, 6.45) is 0. The number of rotatable bonds is 4. The van der Waals surface area contributed by atoms with E-state index in [1.165, 1.54) is 0 Å². The minimum atomic E-state index is -0.0576. The number of hydrogen-bond acceptors (Lipinski definition) is 6. The van der Waals surface area contributed by atoms with Crippen molar-refractivity contribution in [3.05, 3.63) is 47.0 Å². The Morgan fingerprint density at radius 1 is 1.19 bits per heavy atom. The van der Waals surface area contributed by atoms with Gasteiger partial charge in [0.2, 0.25) is 0 Å². The minimum Gasteiger partial charge on any atom is -0.497 e. The summed E-state index contributed by atoms with van der Waals surface area (Å²) in [6, 6.07) is 7.53. The van der Waals surface area contributed by atoms with Crippen molar-refractivity contribution in [1.29, 1.82) is 0 Å². The lowest BCUT2D eigenvalue weighted by Crippen LogP contribution is -2.48. The number of furan rings is 1. The van der Waals surface area contributed by atoms with E-state index in [1.807, 2.05) is 43.0 Å². The van der Waals surface area contributed by atoms with Gasteiger partial charge in [-0.15, -0.1) is 0 Å². The molecule has 3 aromatic rings. The highest BCUT2D eigenvalue weighted by molar-refractivity contribution is 5.99. The van der Waals surface area contributed by atoms with Crippen molar-refractivity contribution in [2.24, 2.45) is 0 Å². The number of aryl methyl sites for hydroxylation is 2. The molecular weight excluding hydrogens is 346 g/mol. The lowest BCUT2D eigenvalue weighted by molar-refractivity contribution is 0.0588. The van der Waals surface area contributed by atoms with Gasteiger partial charge in [0.05, 0.1) is 19.3 Å². The molecule has 1 aliphatic rings. The second-order valence-electron chi connectivity index (χ2n) is 6.92. The largest absolute Gasteiger partial charge is 0.497 e. The first kappa shape index (κ1) is 17.6. The predicted molar refractivity (Wildman–Crippen MR) is 99.9 cm³/mol. The molecule has 2 aromatic heterocycles. The quantitative estimate of drug-likeness (QED) is 0.704. The molecule has 0 bridgehead atoms. The first-order chi connectivity index (χ1) is 13.0. The van der Waals surface area contributed by atoms with Gasteiger partial charge in [0.15, 0.2) is 11.5 Å². The molecule has 0 atom stereocenters. The van der Waals surface area contributed by atoms with Crippen molar-refractivity contribution < 1.29 is 18.5 Å². The Morgan fingerprint density at radius 3 is 2.63 bits per heavy atom. The van der Waals surface area contributed by atoms with E-state index < -0.39 is 0 Å². The van der Waals surface area contributed by atoms with Crippen LogP contribution in [-0.4, -0.2) is 54.2 Å². The number of methoxy groups -OCH3 is 1. The van der Waals surface area contributed by atoms with E-state index in [1.54, 1.807) is 7.11 Å². The van der Waals surface area contributed by atoms with E-state index in [2.05, 4.69) is 10.1 Å². The van der Waals surface area contributed by atoms with Crippen molar-refractivity contribution in [1.82, 2.24) is 15.0 Å². The van der Waals surface area contributed by atoms with Gasteiger partial charge in [-0.05, 0) is 32.0 Å². The SMILES string of the molecule is COc1ccc2oc(C(=O)N3CCN(Cc4cc(C)no4)CC3)c(C)c2c1. The summed E-state index contributed by atoms with van der Waals surface area (Å²) < 4.78 is 16.4. The fourth-order valence-electron chi connectivity index (χ4n) is 3.49. The summed E-state index contributed by atoms with van der Waals surface area (Å²) in [4.78, 5) is 17.1. The second kappa shape index (κ2) is 7.08. The molecule has 0 radical (unpaired) electrons. The molecule has 0 spiro atoms. The van der Waals surface area contributed by atoms with E-state index in [9.17, 15) is 4.79 Å². The summed E-state index contributed by atoms with van der Waals surface area (Å²) in [5.41, 5.74) is 2.44. The smallest absolute Gasteiger partial charge is 0.289 e. The Bertz CT molecular complexity index is 967. The number of aromatic nitrogens is 1. The van der Waals surface area contributed by atoms with Gasteiger partial charge in [-0.3, -0.25) is 9.69 Å². The average Bonchev–Trinajstić information content (AvgIpc) is 3.24. The van der Waals surface area contributed by atoms with Crippen LogP contribution in [0.3, 0.4) is 0 Å². The molecule has 0 N–H and O–H groups in total. The monoisotopic (exact) mass is 369 g/mol. The number of piperazine rings is 1. The third-order valence-electron chi connectivity index (χ3n) is 5.05. The number of carbonyl (C=O) groups excluding carboxylic acids is 1. The zero-order valence-electron chi connectivity index (χ0n) is 15.8. The predicted octanol–water partition coefficient (Wildman–Crippen LogP) is 3.00. The normalized spacial score (nSPS) is 15.4. The summed E-state index contributed by atoms with van der Waals surface area (Å²) in [7, 11) is 1.63. The van der Waals surface area contributed by atoms with Crippen LogP contribution in [0.2, 0.25) is 0 Å². The maximum atomic E-state index is 13.0. The van der Waals surface area contributed by atoms with Crippen LogP contribution in [0.15, 0.2) is 33.2 Å². The number of ether oxygens (including phenoxy) is 1. The van der Waals surface area contributed by atoms with E-state index in [0.717, 1.165) is 41.2 Å². The first-order valence-electron chi connectivity index (χ1n) is 9.06. The maximum absolute atomic E-state index is 13.0. The number of carbonyl (C=O) groups is 1. The van der Waals surface area contributed by atoms with Crippen LogP contribution in [0.25, 0.3) is 11.0 Å². The number of nitrogens with zero attached hydrogens (tertiary/aromatic N) is 3. The fraction of sp³-hybridized carbons (Fsp3) is 0.400. The maximum Gasteiger partial charge on any atom is 0.289 e. The van der Waals surface area contributed by atoms with Crippen LogP contribution in [0.4, 0.5) is 0 Å². The Kier molecular flexibility index (Phi) is 4.61. The van der Waals surface area contributed by atoms with E-state index in [-0.39, 0.29) is 5.91 Å². The lowest BCUT2D eigenvalue weighted by atomic mass is 10.1. The third kappa shape index (κ3) is 3.42. The zero-order chi connectivity index (χ0) is 19.0. The highest BCUT2D eigenvalue weighted by Crippen LogP contribution is 2.29. The number of fused-ring (bicyclic) bond motifs is 1. The second-order valence-corrected chi connectivity index (χ2v) is 6.92. The van der Waals surface area contributed by atoms with Crippen LogP contribution in [-0.2, 0) is 6.54 Å². The lowest BCUT2D eigenvalue weighted by Gasteiger charge is -2.33. The van der Waals surface area contributed by atoms with Crippen molar-refractivity contribution in [3.63, 3.8) is 0 Å². The zero-order valence-corrected chi connectivity index (χ0v) is 15.8. The number of hydrogen-bond donors (Lipinski definition) is 0. The van der Waals surface area contributed by atoms with Crippen LogP contribution in [0.1, 0.15) is 27.6 Å². The van der Waals surface area contributed by atoms with Gasteiger partial charge in [-0.1, -0.05) is 5.16 Å². The molecule has 142 valence electrons. The number of amides is 1. The third-order valence-corrected chi connectivity index (χ3v) is 5.05. The Morgan fingerprint density at radius 2 is 1.96 bits per heavy atom. The Hall–Kier alpha value is -2.80. The summed E-state index contributed by atoms with van der Waals surface area (Å²) in [5, 5.41) is 4.83. The first-order valence-corrected chi connectivity index (χ1v) is 9.06. The molecule has 1 aliphatic heterocycles. The molecule has 1 amide bonds.